The molecule has 1 N–H and O–H groups in total. The summed E-state index contributed by atoms with van der Waals surface area (Å²) in [6, 6.07) is 7.00. The van der Waals surface area contributed by atoms with E-state index in [2.05, 4.69) is 5.32 Å². The lowest BCUT2D eigenvalue weighted by Crippen LogP contribution is -2.19. The van der Waals surface area contributed by atoms with Crippen LogP contribution in [0.5, 0.6) is 0 Å². The van der Waals surface area contributed by atoms with Crippen molar-refractivity contribution in [3.05, 3.63) is 35.6 Å². The van der Waals surface area contributed by atoms with Gasteiger partial charge in [0.25, 0.3) is 0 Å². The Balaban J connectivity index is 2.12. The fourth-order valence-electron chi connectivity index (χ4n) is 2.06. The average Bonchev–Trinajstić information content (AvgIpc) is 2.45. The number of halogens is 1. The molecule has 2 rings (SSSR count). The molecule has 1 aromatic carbocycles. The van der Waals surface area contributed by atoms with Gasteiger partial charge in [-0.3, -0.25) is 0 Å². The van der Waals surface area contributed by atoms with Crippen molar-refractivity contribution in [3.63, 3.8) is 0 Å². The maximum atomic E-state index is 13.0. The number of hydrogen-bond donors (Lipinski definition) is 1. The van der Waals surface area contributed by atoms with E-state index in [1.807, 2.05) is 6.07 Å². The molecule has 2 heteroatoms. The Morgan fingerprint density at radius 2 is 2.21 bits per heavy atom. The van der Waals surface area contributed by atoms with Crippen molar-refractivity contribution in [3.8, 4) is 0 Å². The third kappa shape index (κ3) is 2.32. The summed E-state index contributed by atoms with van der Waals surface area (Å²) in [5.41, 5.74) is 1.14. The van der Waals surface area contributed by atoms with E-state index < -0.39 is 0 Å². The van der Waals surface area contributed by atoms with Crippen molar-refractivity contribution in [2.24, 2.45) is 0 Å². The molecule has 1 fully saturated rings. The van der Waals surface area contributed by atoms with E-state index in [0.29, 0.717) is 5.92 Å². The lowest BCUT2D eigenvalue weighted by molar-refractivity contribution is 0.591. The van der Waals surface area contributed by atoms with Crippen LogP contribution in [0.4, 0.5) is 4.39 Å². The summed E-state index contributed by atoms with van der Waals surface area (Å²) < 4.78 is 13.0. The number of rotatable bonds is 1. The fourth-order valence-corrected chi connectivity index (χ4v) is 2.06. The molecule has 0 radical (unpaired) electrons. The molecule has 1 atom stereocenters. The van der Waals surface area contributed by atoms with E-state index in [9.17, 15) is 4.39 Å². The van der Waals surface area contributed by atoms with Gasteiger partial charge in [-0.2, -0.15) is 0 Å². The smallest absolute Gasteiger partial charge is 0.123 e. The summed E-state index contributed by atoms with van der Waals surface area (Å²) >= 11 is 0. The zero-order valence-electron chi connectivity index (χ0n) is 8.30. The van der Waals surface area contributed by atoms with Crippen molar-refractivity contribution in [1.29, 1.82) is 0 Å². The summed E-state index contributed by atoms with van der Waals surface area (Å²) in [5, 5.41) is 3.39. The van der Waals surface area contributed by atoms with Crippen molar-refractivity contribution in [2.75, 3.05) is 13.1 Å². The molecule has 0 aliphatic carbocycles. The highest BCUT2D eigenvalue weighted by Crippen LogP contribution is 2.23. The standard InChI is InChI=1S/C12H16FN/c13-12-6-3-5-10(8-12)11-4-1-2-7-14-9-11/h3,5-6,8,11,14H,1-2,4,7,9H2. The minimum Gasteiger partial charge on any atom is -0.316 e. The molecule has 14 heavy (non-hydrogen) atoms. The molecule has 1 nitrogen and oxygen atoms in total. The van der Waals surface area contributed by atoms with E-state index in [-0.39, 0.29) is 5.82 Å². The first kappa shape index (κ1) is 9.66. The molecule has 0 bridgehead atoms. The van der Waals surface area contributed by atoms with Gasteiger partial charge < -0.3 is 5.32 Å². The normalized spacial score (nSPS) is 23.1. The molecule has 1 aromatic rings. The van der Waals surface area contributed by atoms with Gasteiger partial charge in [0.15, 0.2) is 0 Å². The lowest BCUT2D eigenvalue weighted by atomic mass is 9.94. The second-order valence-corrected chi connectivity index (χ2v) is 3.95. The molecule has 0 amide bonds. The van der Waals surface area contributed by atoms with Gasteiger partial charge in [0.05, 0.1) is 0 Å². The van der Waals surface area contributed by atoms with E-state index in [0.717, 1.165) is 18.7 Å². The topological polar surface area (TPSA) is 12.0 Å². The van der Waals surface area contributed by atoms with Gasteiger partial charge in [0.1, 0.15) is 5.82 Å². The Labute approximate surface area is 84.3 Å². The molecule has 1 unspecified atom stereocenters. The van der Waals surface area contributed by atoms with E-state index in [1.165, 1.54) is 25.3 Å². The predicted molar refractivity (Wildman–Crippen MR) is 55.9 cm³/mol. The average molecular weight is 193 g/mol. The first-order valence-corrected chi connectivity index (χ1v) is 5.32. The van der Waals surface area contributed by atoms with Gasteiger partial charge in [-0.25, -0.2) is 4.39 Å². The second kappa shape index (κ2) is 4.56. The predicted octanol–water partition coefficient (Wildman–Crippen LogP) is 2.68. The van der Waals surface area contributed by atoms with Crippen LogP contribution in [0, 0.1) is 5.82 Å². The van der Waals surface area contributed by atoms with E-state index in [4.69, 9.17) is 0 Å². The highest BCUT2D eigenvalue weighted by atomic mass is 19.1. The number of hydrogen-bond acceptors (Lipinski definition) is 1. The molecule has 1 aliphatic heterocycles. The van der Waals surface area contributed by atoms with Crippen LogP contribution in [0.3, 0.4) is 0 Å². The maximum absolute atomic E-state index is 13.0. The van der Waals surface area contributed by atoms with Crippen LogP contribution in [0.25, 0.3) is 0 Å². The molecule has 1 saturated heterocycles. The highest BCUT2D eigenvalue weighted by Gasteiger charge is 2.13. The van der Waals surface area contributed by atoms with Crippen molar-refractivity contribution in [1.82, 2.24) is 5.32 Å². The van der Waals surface area contributed by atoms with Crippen LogP contribution in [-0.4, -0.2) is 13.1 Å². The maximum Gasteiger partial charge on any atom is 0.123 e. The monoisotopic (exact) mass is 193 g/mol. The summed E-state index contributed by atoms with van der Waals surface area (Å²) in [5.74, 6) is 0.375. The van der Waals surface area contributed by atoms with Crippen molar-refractivity contribution >= 4 is 0 Å². The Morgan fingerprint density at radius 3 is 3.07 bits per heavy atom. The summed E-state index contributed by atoms with van der Waals surface area (Å²) in [4.78, 5) is 0. The summed E-state index contributed by atoms with van der Waals surface area (Å²) in [6.07, 6.45) is 3.66. The van der Waals surface area contributed by atoms with Gasteiger partial charge >= 0.3 is 0 Å². The Kier molecular flexibility index (Phi) is 3.14. The fraction of sp³-hybridized carbons (Fsp3) is 0.500. The Bertz CT molecular complexity index is 290. The van der Waals surface area contributed by atoms with Gasteiger partial charge in [0, 0.05) is 6.54 Å². The summed E-state index contributed by atoms with van der Waals surface area (Å²) in [6.45, 7) is 2.09. The minimum absolute atomic E-state index is 0.119. The second-order valence-electron chi connectivity index (χ2n) is 3.95. The van der Waals surface area contributed by atoms with Crippen LogP contribution >= 0.6 is 0 Å². The molecule has 0 spiro atoms. The zero-order valence-corrected chi connectivity index (χ0v) is 8.30. The molecular weight excluding hydrogens is 177 g/mol. The van der Waals surface area contributed by atoms with E-state index >= 15 is 0 Å². The number of benzene rings is 1. The van der Waals surface area contributed by atoms with Gasteiger partial charge in [-0.15, -0.1) is 0 Å². The van der Waals surface area contributed by atoms with Crippen molar-refractivity contribution in [2.45, 2.75) is 25.2 Å². The van der Waals surface area contributed by atoms with Gasteiger partial charge in [0.2, 0.25) is 0 Å². The molecule has 76 valence electrons. The lowest BCUT2D eigenvalue weighted by Gasteiger charge is -2.14. The number of nitrogens with one attached hydrogen (secondary N) is 1. The third-order valence-corrected chi connectivity index (χ3v) is 2.87. The van der Waals surface area contributed by atoms with Crippen LogP contribution in [0.15, 0.2) is 24.3 Å². The zero-order chi connectivity index (χ0) is 9.80. The minimum atomic E-state index is -0.119. The first-order chi connectivity index (χ1) is 6.86. The molecule has 1 aliphatic rings. The molecule has 0 saturated carbocycles. The van der Waals surface area contributed by atoms with Gasteiger partial charge in [-0.05, 0) is 43.0 Å². The third-order valence-electron chi connectivity index (χ3n) is 2.87. The first-order valence-electron chi connectivity index (χ1n) is 5.32. The van der Waals surface area contributed by atoms with E-state index in [1.54, 1.807) is 12.1 Å². The molecule has 0 aromatic heterocycles. The SMILES string of the molecule is Fc1cccc(C2CCCCNC2)c1. The Hall–Kier alpha value is -0.890. The van der Waals surface area contributed by atoms with Crippen molar-refractivity contribution < 1.29 is 4.39 Å². The van der Waals surface area contributed by atoms with Gasteiger partial charge in [-0.1, -0.05) is 18.6 Å². The highest BCUT2D eigenvalue weighted by molar-refractivity contribution is 5.21. The van der Waals surface area contributed by atoms with Crippen LogP contribution in [-0.2, 0) is 0 Å². The quantitative estimate of drug-likeness (QED) is 0.723. The summed E-state index contributed by atoms with van der Waals surface area (Å²) in [7, 11) is 0. The van der Waals surface area contributed by atoms with Crippen LogP contribution < -0.4 is 5.32 Å². The molecule has 1 heterocycles. The van der Waals surface area contributed by atoms with Crippen LogP contribution in [0.1, 0.15) is 30.7 Å². The largest absolute Gasteiger partial charge is 0.316 e. The van der Waals surface area contributed by atoms with Crippen LogP contribution in [0.2, 0.25) is 0 Å². The Morgan fingerprint density at radius 1 is 1.29 bits per heavy atom. The molecular formula is C12H16FN.